The summed E-state index contributed by atoms with van der Waals surface area (Å²) in [5, 5.41) is 10.6. The minimum absolute atomic E-state index is 0.105. The van der Waals surface area contributed by atoms with Crippen molar-refractivity contribution >= 4 is 39.5 Å². The van der Waals surface area contributed by atoms with Gasteiger partial charge in [0.1, 0.15) is 19.3 Å². The molecule has 0 fully saturated rings. The van der Waals surface area contributed by atoms with Gasteiger partial charge in [-0.05, 0) is 49.4 Å². The third kappa shape index (κ3) is 69.2. The van der Waals surface area contributed by atoms with Crippen molar-refractivity contribution in [1.29, 1.82) is 0 Å². The van der Waals surface area contributed by atoms with Gasteiger partial charge in [-0.2, -0.15) is 0 Å². The number of carbonyl (C=O) groups is 4. The van der Waals surface area contributed by atoms with E-state index in [2.05, 4.69) is 55.4 Å². The molecule has 96 heavy (non-hydrogen) atoms. The van der Waals surface area contributed by atoms with Gasteiger partial charge in [0.2, 0.25) is 0 Å². The van der Waals surface area contributed by atoms with Crippen molar-refractivity contribution in [3.05, 3.63) is 0 Å². The first-order valence-corrected chi connectivity index (χ1v) is 42.7. The number of phosphoric ester groups is 2. The van der Waals surface area contributed by atoms with E-state index in [9.17, 15) is 43.2 Å². The van der Waals surface area contributed by atoms with Crippen molar-refractivity contribution in [2.24, 2.45) is 23.7 Å². The molecular formula is C77H150O17P2. The molecule has 0 aliphatic rings. The van der Waals surface area contributed by atoms with Crippen molar-refractivity contribution in [1.82, 2.24) is 0 Å². The number of hydrogen-bond acceptors (Lipinski definition) is 15. The van der Waals surface area contributed by atoms with Crippen LogP contribution < -0.4 is 0 Å². The monoisotopic (exact) mass is 1410 g/mol. The SMILES string of the molecule is CCC(C)CCCCCCCCC(=O)OC[C@H](COP(=O)(O)OC[C@H](O)COP(=O)(O)OC[C@@H](COC(=O)CCCCCCCCCCC(C)C)OC(=O)CCCCCCCCCCCCCCCCCCCCC(C)C)OC(=O)CCCCCCCCCCCCCC(C)C. The van der Waals surface area contributed by atoms with Gasteiger partial charge >= 0.3 is 39.5 Å². The molecule has 0 aromatic heterocycles. The number of ether oxygens (including phenoxy) is 4. The number of hydrogen-bond donors (Lipinski definition) is 3. The topological polar surface area (TPSA) is 237 Å². The highest BCUT2D eigenvalue weighted by molar-refractivity contribution is 7.47. The van der Waals surface area contributed by atoms with E-state index in [1.807, 2.05) is 0 Å². The van der Waals surface area contributed by atoms with E-state index in [1.165, 1.54) is 186 Å². The Morgan fingerprint density at radius 1 is 0.292 bits per heavy atom. The molecule has 0 saturated carbocycles. The molecule has 0 aromatic carbocycles. The lowest BCUT2D eigenvalue weighted by molar-refractivity contribution is -0.161. The summed E-state index contributed by atoms with van der Waals surface area (Å²) in [5.41, 5.74) is 0. The molecule has 6 atom stereocenters. The minimum Gasteiger partial charge on any atom is -0.462 e. The third-order valence-electron chi connectivity index (χ3n) is 18.2. The first-order valence-electron chi connectivity index (χ1n) is 39.7. The zero-order valence-electron chi connectivity index (χ0n) is 63.0. The summed E-state index contributed by atoms with van der Waals surface area (Å²) in [7, 11) is -9.91. The molecule has 0 radical (unpaired) electrons. The lowest BCUT2D eigenvalue weighted by Gasteiger charge is -2.21. The Kier molecular flexibility index (Phi) is 65.0. The maximum atomic E-state index is 13.1. The molecule has 0 amide bonds. The summed E-state index contributed by atoms with van der Waals surface area (Å²) < 4.78 is 68.5. The highest BCUT2D eigenvalue weighted by Crippen LogP contribution is 2.45. The van der Waals surface area contributed by atoms with Crippen molar-refractivity contribution < 1.29 is 80.2 Å². The van der Waals surface area contributed by atoms with Crippen LogP contribution in [0, 0.1) is 23.7 Å². The standard InChI is InChI=1S/C77H150O17P2/c1-9-70(8)56-48-40-35-36-42-50-58-75(80)88-64-73(94-77(82)60-52-44-34-26-22-18-20-24-30-38-46-54-68(4)5)66-92-96(85,86)90-62-71(78)61-89-95(83,84)91-65-72(63-87-74(79)57-49-41-32-28-27-31-39-47-55-69(6)7)93-76(81)59-51-43-33-25-21-17-15-13-11-10-12-14-16-19-23-29-37-45-53-67(2)3/h67-73,78H,9-66H2,1-8H3,(H,83,84)(H,85,86)/t70?,71-,72-,73-/m1/s1. The molecule has 3 unspecified atom stereocenters. The largest absolute Gasteiger partial charge is 0.472 e. The van der Waals surface area contributed by atoms with Crippen molar-refractivity contribution in [3.8, 4) is 0 Å². The van der Waals surface area contributed by atoms with Gasteiger partial charge in [0.05, 0.1) is 26.4 Å². The molecule has 0 aliphatic heterocycles. The molecule has 0 saturated heterocycles. The fourth-order valence-corrected chi connectivity index (χ4v) is 13.3. The number of carbonyl (C=O) groups excluding carboxylic acids is 4. The minimum atomic E-state index is -4.96. The van der Waals surface area contributed by atoms with E-state index in [0.717, 1.165) is 120 Å². The Morgan fingerprint density at radius 2 is 0.500 bits per heavy atom. The van der Waals surface area contributed by atoms with E-state index in [4.69, 9.17) is 37.0 Å². The highest BCUT2D eigenvalue weighted by Gasteiger charge is 2.30. The van der Waals surface area contributed by atoms with Crippen LogP contribution in [0.1, 0.15) is 389 Å². The maximum absolute atomic E-state index is 13.1. The number of unbranched alkanes of at least 4 members (excludes halogenated alkanes) is 39. The average Bonchev–Trinajstić information content (AvgIpc) is 2.48. The molecule has 0 aromatic rings. The molecule has 3 N–H and O–H groups in total. The molecule has 0 heterocycles. The van der Waals surface area contributed by atoms with E-state index in [0.29, 0.717) is 25.7 Å². The molecule has 0 aliphatic carbocycles. The lowest BCUT2D eigenvalue weighted by atomic mass is 10.00. The fourth-order valence-electron chi connectivity index (χ4n) is 11.7. The summed E-state index contributed by atoms with van der Waals surface area (Å²) in [4.78, 5) is 72.8. The molecule has 19 heteroatoms. The van der Waals surface area contributed by atoms with Gasteiger partial charge < -0.3 is 33.8 Å². The lowest BCUT2D eigenvalue weighted by Crippen LogP contribution is -2.30. The molecule has 0 bridgehead atoms. The van der Waals surface area contributed by atoms with E-state index in [1.54, 1.807) is 0 Å². The Morgan fingerprint density at radius 3 is 0.740 bits per heavy atom. The summed E-state index contributed by atoms with van der Waals surface area (Å²) in [5.74, 6) is 0.921. The van der Waals surface area contributed by atoms with Crippen molar-refractivity contribution in [3.63, 3.8) is 0 Å². The number of aliphatic hydroxyl groups excluding tert-OH is 1. The number of rotatable bonds is 74. The van der Waals surface area contributed by atoms with Gasteiger partial charge in [0.15, 0.2) is 12.2 Å². The second-order valence-corrected chi connectivity index (χ2v) is 32.3. The molecule has 0 spiro atoms. The van der Waals surface area contributed by atoms with Crippen LogP contribution >= 0.6 is 15.6 Å². The van der Waals surface area contributed by atoms with Gasteiger partial charge in [-0.1, -0.05) is 338 Å². The third-order valence-corrected chi connectivity index (χ3v) is 20.1. The quantitative estimate of drug-likeness (QED) is 0.0222. The van der Waals surface area contributed by atoms with Crippen LogP contribution in [-0.4, -0.2) is 96.7 Å². The maximum Gasteiger partial charge on any atom is 0.472 e. The zero-order chi connectivity index (χ0) is 71.0. The average molecular weight is 1410 g/mol. The number of aliphatic hydroxyl groups is 1. The van der Waals surface area contributed by atoms with Gasteiger partial charge in [-0.25, -0.2) is 9.13 Å². The Bertz CT molecular complexity index is 1890. The van der Waals surface area contributed by atoms with E-state index < -0.39 is 97.5 Å². The fraction of sp³-hybridized carbons (Fsp3) is 0.948. The van der Waals surface area contributed by atoms with Gasteiger partial charge in [0, 0.05) is 25.7 Å². The number of esters is 4. The summed E-state index contributed by atoms with van der Waals surface area (Å²) >= 11 is 0. The predicted molar refractivity (Wildman–Crippen MR) is 391 cm³/mol. The van der Waals surface area contributed by atoms with Crippen LogP contribution in [0.5, 0.6) is 0 Å². The Hall–Kier alpha value is -1.94. The van der Waals surface area contributed by atoms with Crippen LogP contribution in [0.15, 0.2) is 0 Å². The second-order valence-electron chi connectivity index (χ2n) is 29.4. The molecule has 570 valence electrons. The van der Waals surface area contributed by atoms with Crippen LogP contribution in [0.3, 0.4) is 0 Å². The summed E-state index contributed by atoms with van der Waals surface area (Å²) in [6.45, 7) is 14.2. The van der Waals surface area contributed by atoms with E-state index in [-0.39, 0.29) is 25.7 Å². The van der Waals surface area contributed by atoms with Crippen LogP contribution in [0.2, 0.25) is 0 Å². The highest BCUT2D eigenvalue weighted by atomic mass is 31.2. The second kappa shape index (κ2) is 66.3. The molecule has 0 rings (SSSR count). The molecular weight excluding hydrogens is 1260 g/mol. The van der Waals surface area contributed by atoms with Gasteiger partial charge in [0.25, 0.3) is 0 Å². The van der Waals surface area contributed by atoms with Crippen LogP contribution in [0.25, 0.3) is 0 Å². The van der Waals surface area contributed by atoms with Gasteiger partial charge in [-0.15, -0.1) is 0 Å². The first kappa shape index (κ1) is 94.1. The van der Waals surface area contributed by atoms with Crippen molar-refractivity contribution in [2.45, 2.75) is 408 Å². The van der Waals surface area contributed by atoms with Gasteiger partial charge in [-0.3, -0.25) is 37.3 Å². The smallest absolute Gasteiger partial charge is 0.462 e. The normalized spacial score (nSPS) is 14.4. The Labute approximate surface area is 588 Å². The predicted octanol–water partition coefficient (Wildman–Crippen LogP) is 22.4. The van der Waals surface area contributed by atoms with Crippen LogP contribution in [0.4, 0.5) is 0 Å². The zero-order valence-corrected chi connectivity index (χ0v) is 64.8. The molecule has 17 nitrogen and oxygen atoms in total. The number of phosphoric acid groups is 2. The summed E-state index contributed by atoms with van der Waals surface area (Å²) in [6.07, 6.45) is 51.5. The summed E-state index contributed by atoms with van der Waals surface area (Å²) in [6, 6.07) is 0. The van der Waals surface area contributed by atoms with Crippen LogP contribution in [-0.2, 0) is 65.4 Å². The Balaban J connectivity index is 5.20. The van der Waals surface area contributed by atoms with Crippen molar-refractivity contribution in [2.75, 3.05) is 39.6 Å². The first-order chi connectivity index (χ1) is 46.1. The van der Waals surface area contributed by atoms with E-state index >= 15 is 0 Å².